The molecule has 0 spiro atoms. The SMILES string of the molecule is CC(CN)N1CCC(C2CC2)CC1=O. The van der Waals surface area contributed by atoms with E-state index in [4.69, 9.17) is 5.73 Å². The zero-order valence-electron chi connectivity index (χ0n) is 8.91. The fraction of sp³-hybridized carbons (Fsp3) is 0.909. The number of carbonyl (C=O) groups is 1. The summed E-state index contributed by atoms with van der Waals surface area (Å²) in [6.07, 6.45) is 4.67. The molecule has 2 atom stereocenters. The van der Waals surface area contributed by atoms with Crippen molar-refractivity contribution in [2.45, 2.75) is 38.6 Å². The number of nitrogens with two attached hydrogens (primary N) is 1. The number of carbonyl (C=O) groups excluding carboxylic acids is 1. The van der Waals surface area contributed by atoms with Crippen LogP contribution in [-0.4, -0.2) is 29.9 Å². The van der Waals surface area contributed by atoms with E-state index < -0.39 is 0 Å². The van der Waals surface area contributed by atoms with E-state index in [0.717, 1.165) is 18.9 Å². The third-order valence-electron chi connectivity index (χ3n) is 3.66. The Morgan fingerprint density at radius 3 is 2.64 bits per heavy atom. The quantitative estimate of drug-likeness (QED) is 0.731. The highest BCUT2D eigenvalue weighted by Crippen LogP contribution is 2.42. The second-order valence-corrected chi connectivity index (χ2v) is 4.76. The van der Waals surface area contributed by atoms with Crippen molar-refractivity contribution < 1.29 is 4.79 Å². The summed E-state index contributed by atoms with van der Waals surface area (Å²) in [5.41, 5.74) is 5.58. The molecule has 1 amide bonds. The first-order valence-electron chi connectivity index (χ1n) is 5.72. The average Bonchev–Trinajstić information content (AvgIpc) is 3.00. The van der Waals surface area contributed by atoms with Crippen molar-refractivity contribution in [1.82, 2.24) is 4.90 Å². The fourth-order valence-electron chi connectivity index (χ4n) is 2.44. The molecule has 0 bridgehead atoms. The lowest BCUT2D eigenvalue weighted by Crippen LogP contribution is -2.47. The Hall–Kier alpha value is -0.570. The van der Waals surface area contributed by atoms with Crippen molar-refractivity contribution in [3.05, 3.63) is 0 Å². The maximum atomic E-state index is 11.8. The van der Waals surface area contributed by atoms with Gasteiger partial charge in [-0.05, 0) is 38.0 Å². The summed E-state index contributed by atoms with van der Waals surface area (Å²) in [6.45, 7) is 3.55. The normalized spacial score (nSPS) is 30.6. The van der Waals surface area contributed by atoms with Gasteiger partial charge in [0.15, 0.2) is 0 Å². The predicted molar refractivity (Wildman–Crippen MR) is 55.7 cm³/mol. The van der Waals surface area contributed by atoms with Gasteiger partial charge in [0.25, 0.3) is 0 Å². The molecule has 3 nitrogen and oxygen atoms in total. The molecule has 2 N–H and O–H groups in total. The van der Waals surface area contributed by atoms with Gasteiger partial charge >= 0.3 is 0 Å². The highest BCUT2D eigenvalue weighted by atomic mass is 16.2. The van der Waals surface area contributed by atoms with Crippen LogP contribution < -0.4 is 5.73 Å². The van der Waals surface area contributed by atoms with Gasteiger partial charge < -0.3 is 10.6 Å². The largest absolute Gasteiger partial charge is 0.339 e. The summed E-state index contributed by atoms with van der Waals surface area (Å²) in [6, 6.07) is 0.225. The van der Waals surface area contributed by atoms with Gasteiger partial charge in [-0.2, -0.15) is 0 Å². The number of rotatable bonds is 3. The standard InChI is InChI=1S/C11H20N2O/c1-8(7-12)13-5-4-10(6-11(13)14)9-2-3-9/h8-10H,2-7,12H2,1H3. The second-order valence-electron chi connectivity index (χ2n) is 4.76. The number of hydrogen-bond donors (Lipinski definition) is 1. The predicted octanol–water partition coefficient (Wildman–Crippen LogP) is 0.982. The molecular weight excluding hydrogens is 176 g/mol. The van der Waals surface area contributed by atoms with E-state index >= 15 is 0 Å². The molecule has 2 fully saturated rings. The number of hydrogen-bond acceptors (Lipinski definition) is 2. The summed E-state index contributed by atoms with van der Waals surface area (Å²) in [7, 11) is 0. The second kappa shape index (κ2) is 3.89. The molecule has 14 heavy (non-hydrogen) atoms. The van der Waals surface area contributed by atoms with E-state index in [-0.39, 0.29) is 6.04 Å². The highest BCUT2D eigenvalue weighted by Gasteiger charge is 2.37. The first-order valence-corrected chi connectivity index (χ1v) is 5.72. The van der Waals surface area contributed by atoms with Gasteiger partial charge in [0, 0.05) is 25.6 Å². The van der Waals surface area contributed by atoms with E-state index in [1.807, 2.05) is 11.8 Å². The fourth-order valence-corrected chi connectivity index (χ4v) is 2.44. The first kappa shape index (κ1) is 9.97. The molecule has 1 aliphatic carbocycles. The van der Waals surface area contributed by atoms with Crippen molar-refractivity contribution in [3.8, 4) is 0 Å². The van der Waals surface area contributed by atoms with Crippen molar-refractivity contribution in [2.24, 2.45) is 17.6 Å². The number of likely N-dealkylation sites (tertiary alicyclic amines) is 1. The number of nitrogens with zero attached hydrogens (tertiary/aromatic N) is 1. The summed E-state index contributed by atoms with van der Waals surface area (Å²) < 4.78 is 0. The summed E-state index contributed by atoms with van der Waals surface area (Å²) in [5.74, 6) is 1.88. The van der Waals surface area contributed by atoms with Crippen LogP contribution in [0.25, 0.3) is 0 Å². The Morgan fingerprint density at radius 1 is 1.43 bits per heavy atom. The minimum absolute atomic E-state index is 0.225. The zero-order valence-corrected chi connectivity index (χ0v) is 8.91. The molecule has 0 radical (unpaired) electrons. The third-order valence-corrected chi connectivity index (χ3v) is 3.66. The lowest BCUT2D eigenvalue weighted by Gasteiger charge is -2.35. The highest BCUT2D eigenvalue weighted by molar-refractivity contribution is 5.77. The summed E-state index contributed by atoms with van der Waals surface area (Å²) in [5, 5.41) is 0. The van der Waals surface area contributed by atoms with Crippen molar-refractivity contribution in [1.29, 1.82) is 0 Å². The molecule has 0 aromatic heterocycles. The molecule has 1 saturated carbocycles. The Bertz CT molecular complexity index is 225. The summed E-state index contributed by atoms with van der Waals surface area (Å²) >= 11 is 0. The molecule has 0 aromatic rings. The van der Waals surface area contributed by atoms with E-state index in [0.29, 0.717) is 18.4 Å². The van der Waals surface area contributed by atoms with Gasteiger partial charge in [0.2, 0.25) is 5.91 Å². The van der Waals surface area contributed by atoms with Crippen molar-refractivity contribution in [2.75, 3.05) is 13.1 Å². The molecule has 80 valence electrons. The third kappa shape index (κ3) is 1.92. The number of piperidine rings is 1. The Balaban J connectivity index is 1.89. The maximum Gasteiger partial charge on any atom is 0.223 e. The van der Waals surface area contributed by atoms with Gasteiger partial charge in [-0.3, -0.25) is 4.79 Å². The molecular formula is C11H20N2O. The van der Waals surface area contributed by atoms with Crippen LogP contribution in [0.5, 0.6) is 0 Å². The van der Waals surface area contributed by atoms with Crippen LogP contribution in [0.4, 0.5) is 0 Å². The molecule has 2 rings (SSSR count). The van der Waals surface area contributed by atoms with Crippen molar-refractivity contribution >= 4 is 5.91 Å². The van der Waals surface area contributed by atoms with Gasteiger partial charge in [0.05, 0.1) is 0 Å². The van der Waals surface area contributed by atoms with E-state index in [9.17, 15) is 4.79 Å². The van der Waals surface area contributed by atoms with Crippen LogP contribution in [0.15, 0.2) is 0 Å². The lowest BCUT2D eigenvalue weighted by atomic mass is 9.91. The molecule has 1 aliphatic heterocycles. The van der Waals surface area contributed by atoms with Crippen LogP contribution in [0.2, 0.25) is 0 Å². The summed E-state index contributed by atoms with van der Waals surface area (Å²) in [4.78, 5) is 13.8. The van der Waals surface area contributed by atoms with Gasteiger partial charge in [0.1, 0.15) is 0 Å². The van der Waals surface area contributed by atoms with Gasteiger partial charge in [-0.1, -0.05) is 0 Å². The monoisotopic (exact) mass is 196 g/mol. The first-order chi connectivity index (χ1) is 6.72. The van der Waals surface area contributed by atoms with Crippen molar-refractivity contribution in [3.63, 3.8) is 0 Å². The molecule has 3 heteroatoms. The molecule has 2 unspecified atom stereocenters. The zero-order chi connectivity index (χ0) is 10.1. The van der Waals surface area contributed by atoms with E-state index in [2.05, 4.69) is 0 Å². The van der Waals surface area contributed by atoms with Gasteiger partial charge in [-0.25, -0.2) is 0 Å². The van der Waals surface area contributed by atoms with Crippen LogP contribution in [0.1, 0.15) is 32.6 Å². The minimum Gasteiger partial charge on any atom is -0.339 e. The number of amides is 1. The van der Waals surface area contributed by atoms with Crippen LogP contribution >= 0.6 is 0 Å². The molecule has 2 aliphatic rings. The van der Waals surface area contributed by atoms with E-state index in [1.165, 1.54) is 19.3 Å². The maximum absolute atomic E-state index is 11.8. The molecule has 1 heterocycles. The van der Waals surface area contributed by atoms with Crippen LogP contribution in [0.3, 0.4) is 0 Å². The topological polar surface area (TPSA) is 46.3 Å². The van der Waals surface area contributed by atoms with E-state index in [1.54, 1.807) is 0 Å². The Morgan fingerprint density at radius 2 is 2.14 bits per heavy atom. The molecule has 0 aromatic carbocycles. The lowest BCUT2D eigenvalue weighted by molar-refractivity contribution is -0.137. The van der Waals surface area contributed by atoms with Gasteiger partial charge in [-0.15, -0.1) is 0 Å². The molecule has 1 saturated heterocycles. The Labute approximate surface area is 85.6 Å². The minimum atomic E-state index is 0.225. The Kier molecular flexibility index (Phi) is 2.77. The van der Waals surface area contributed by atoms with Crippen LogP contribution in [-0.2, 0) is 4.79 Å². The average molecular weight is 196 g/mol. The van der Waals surface area contributed by atoms with Crippen LogP contribution in [0, 0.1) is 11.8 Å². The smallest absolute Gasteiger partial charge is 0.223 e.